The molecule has 0 saturated carbocycles. The highest BCUT2D eigenvalue weighted by Gasteiger charge is 2.40. The molecule has 4 heteroatoms. The number of allylic oxidation sites excluding steroid dienone is 2. The highest BCUT2D eigenvalue weighted by molar-refractivity contribution is 7.10. The Balaban J connectivity index is 1.85. The number of carbonyl (C=O) groups is 1. The standard InChI is InChI=1S/C19H19NO2S/c1-11-9-10-23-18(11)17-14-7-3-5-12(14)13-6-4-8-15(16(13)20-17)19(21)22-2/h3-6,8-10,12,14,17,20H,7H2,1-2H3. The highest BCUT2D eigenvalue weighted by atomic mass is 32.1. The van der Waals surface area contributed by atoms with Crippen molar-refractivity contribution in [3.05, 3.63) is 63.4 Å². The Kier molecular flexibility index (Phi) is 3.49. The third-order valence-electron chi connectivity index (χ3n) is 4.99. The van der Waals surface area contributed by atoms with E-state index in [2.05, 4.69) is 41.9 Å². The second-order valence-electron chi connectivity index (χ2n) is 6.20. The van der Waals surface area contributed by atoms with Crippen LogP contribution in [-0.2, 0) is 4.74 Å². The predicted octanol–water partition coefficient (Wildman–Crippen LogP) is 4.67. The van der Waals surface area contributed by atoms with E-state index in [0.717, 1.165) is 12.1 Å². The fraction of sp³-hybridized carbons (Fsp3) is 0.316. The SMILES string of the molecule is COC(=O)c1cccc2c1NC(c1sccc1C)C1CC=CC21. The summed E-state index contributed by atoms with van der Waals surface area (Å²) in [5, 5.41) is 5.81. The minimum absolute atomic E-state index is 0.244. The molecule has 1 aromatic heterocycles. The number of para-hydroxylation sites is 1. The summed E-state index contributed by atoms with van der Waals surface area (Å²) >= 11 is 1.79. The van der Waals surface area contributed by atoms with Crippen LogP contribution in [0.4, 0.5) is 5.69 Å². The molecule has 23 heavy (non-hydrogen) atoms. The maximum atomic E-state index is 12.2. The average Bonchev–Trinajstić information content (AvgIpc) is 3.22. The summed E-state index contributed by atoms with van der Waals surface area (Å²) < 4.78 is 4.97. The van der Waals surface area contributed by atoms with E-state index in [9.17, 15) is 4.79 Å². The molecular formula is C19H19NO2S. The lowest BCUT2D eigenvalue weighted by Crippen LogP contribution is -2.30. The molecule has 0 amide bonds. The number of methoxy groups -OCH3 is 1. The van der Waals surface area contributed by atoms with E-state index < -0.39 is 0 Å². The number of benzene rings is 1. The number of rotatable bonds is 2. The molecule has 1 aliphatic carbocycles. The molecule has 2 aromatic rings. The molecule has 2 aliphatic rings. The molecule has 118 valence electrons. The van der Waals surface area contributed by atoms with Crippen LogP contribution in [0.5, 0.6) is 0 Å². The van der Waals surface area contributed by atoms with E-state index in [1.54, 1.807) is 11.3 Å². The molecule has 3 atom stereocenters. The lowest BCUT2D eigenvalue weighted by Gasteiger charge is -2.37. The van der Waals surface area contributed by atoms with Gasteiger partial charge in [-0.15, -0.1) is 11.3 Å². The monoisotopic (exact) mass is 325 g/mol. The van der Waals surface area contributed by atoms with Gasteiger partial charge >= 0.3 is 5.97 Å². The van der Waals surface area contributed by atoms with Crippen LogP contribution >= 0.6 is 11.3 Å². The molecule has 3 unspecified atom stereocenters. The van der Waals surface area contributed by atoms with Gasteiger partial charge in [-0.25, -0.2) is 4.79 Å². The van der Waals surface area contributed by atoms with Crippen molar-refractivity contribution in [2.24, 2.45) is 5.92 Å². The van der Waals surface area contributed by atoms with Gasteiger partial charge in [0.05, 0.1) is 24.4 Å². The predicted molar refractivity (Wildman–Crippen MR) is 93.2 cm³/mol. The Bertz CT molecular complexity index is 792. The van der Waals surface area contributed by atoms with E-state index in [0.29, 0.717) is 17.4 Å². The largest absolute Gasteiger partial charge is 0.465 e. The molecule has 0 bridgehead atoms. The molecule has 2 heterocycles. The topological polar surface area (TPSA) is 38.3 Å². The van der Waals surface area contributed by atoms with E-state index in [4.69, 9.17) is 4.74 Å². The zero-order valence-electron chi connectivity index (χ0n) is 13.2. The number of hydrogen-bond acceptors (Lipinski definition) is 4. The molecule has 1 aromatic carbocycles. The third-order valence-corrected chi connectivity index (χ3v) is 6.09. The molecule has 1 aliphatic heterocycles. The van der Waals surface area contributed by atoms with Crippen LogP contribution in [-0.4, -0.2) is 13.1 Å². The number of thiophene rings is 1. The quantitative estimate of drug-likeness (QED) is 0.644. The number of anilines is 1. The molecule has 0 fully saturated rings. The van der Waals surface area contributed by atoms with Gasteiger partial charge in [0.25, 0.3) is 0 Å². The fourth-order valence-corrected chi connectivity index (χ4v) is 4.92. The number of ether oxygens (including phenoxy) is 1. The zero-order chi connectivity index (χ0) is 16.0. The lowest BCUT2D eigenvalue weighted by atomic mass is 9.77. The Morgan fingerprint density at radius 3 is 2.96 bits per heavy atom. The van der Waals surface area contributed by atoms with Crippen LogP contribution in [0, 0.1) is 12.8 Å². The van der Waals surface area contributed by atoms with Crippen molar-refractivity contribution in [2.75, 3.05) is 12.4 Å². The van der Waals surface area contributed by atoms with Gasteiger partial charge in [0.2, 0.25) is 0 Å². The zero-order valence-corrected chi connectivity index (χ0v) is 14.0. The molecule has 0 saturated heterocycles. The molecular weight excluding hydrogens is 306 g/mol. The Hall–Kier alpha value is -2.07. The van der Waals surface area contributed by atoms with Crippen LogP contribution in [0.15, 0.2) is 41.8 Å². The second kappa shape index (κ2) is 5.53. The normalized spacial score (nSPS) is 24.7. The van der Waals surface area contributed by atoms with Crippen molar-refractivity contribution < 1.29 is 9.53 Å². The van der Waals surface area contributed by atoms with Gasteiger partial charge in [0.1, 0.15) is 0 Å². The number of nitrogens with one attached hydrogen (secondary N) is 1. The second-order valence-corrected chi connectivity index (χ2v) is 7.15. The van der Waals surface area contributed by atoms with Crippen molar-refractivity contribution >= 4 is 23.0 Å². The summed E-state index contributed by atoms with van der Waals surface area (Å²) in [5.74, 6) is 0.589. The summed E-state index contributed by atoms with van der Waals surface area (Å²) in [7, 11) is 1.43. The first-order valence-corrected chi connectivity index (χ1v) is 8.77. The summed E-state index contributed by atoms with van der Waals surface area (Å²) in [6, 6.07) is 8.33. The maximum absolute atomic E-state index is 12.2. The van der Waals surface area contributed by atoms with Crippen molar-refractivity contribution in [1.82, 2.24) is 0 Å². The first kappa shape index (κ1) is 14.5. The van der Waals surface area contributed by atoms with Crippen LogP contribution in [0.25, 0.3) is 0 Å². The fourth-order valence-electron chi connectivity index (χ4n) is 3.86. The summed E-state index contributed by atoms with van der Waals surface area (Å²) in [6.07, 6.45) is 5.63. The Morgan fingerprint density at radius 1 is 1.35 bits per heavy atom. The maximum Gasteiger partial charge on any atom is 0.339 e. The van der Waals surface area contributed by atoms with E-state index in [-0.39, 0.29) is 12.0 Å². The summed E-state index contributed by atoms with van der Waals surface area (Å²) in [6.45, 7) is 2.16. The van der Waals surface area contributed by atoms with E-state index >= 15 is 0 Å². The van der Waals surface area contributed by atoms with Crippen LogP contribution in [0.3, 0.4) is 0 Å². The van der Waals surface area contributed by atoms with Crippen molar-refractivity contribution in [2.45, 2.75) is 25.3 Å². The summed E-state index contributed by atoms with van der Waals surface area (Å²) in [4.78, 5) is 13.5. The first-order valence-electron chi connectivity index (χ1n) is 7.89. The van der Waals surface area contributed by atoms with Gasteiger partial charge in [-0.3, -0.25) is 0 Å². The van der Waals surface area contributed by atoms with E-state index in [1.165, 1.54) is 23.1 Å². The smallest absolute Gasteiger partial charge is 0.339 e. The summed E-state index contributed by atoms with van der Waals surface area (Å²) in [5.41, 5.74) is 4.09. The number of hydrogen-bond donors (Lipinski definition) is 1. The highest BCUT2D eigenvalue weighted by Crippen LogP contribution is 2.51. The Morgan fingerprint density at radius 2 is 2.22 bits per heavy atom. The Labute approximate surface area is 140 Å². The minimum atomic E-state index is -0.281. The average molecular weight is 325 g/mol. The van der Waals surface area contributed by atoms with Crippen molar-refractivity contribution in [1.29, 1.82) is 0 Å². The number of esters is 1. The minimum Gasteiger partial charge on any atom is -0.465 e. The van der Waals surface area contributed by atoms with Gasteiger partial charge < -0.3 is 10.1 Å². The van der Waals surface area contributed by atoms with Gasteiger partial charge in [-0.05, 0) is 47.9 Å². The molecule has 0 radical (unpaired) electrons. The first-order chi connectivity index (χ1) is 11.2. The van der Waals surface area contributed by atoms with Gasteiger partial charge in [0, 0.05) is 10.8 Å². The van der Waals surface area contributed by atoms with Gasteiger partial charge in [-0.1, -0.05) is 24.3 Å². The number of carbonyl (C=O) groups excluding carboxylic acids is 1. The third kappa shape index (κ3) is 2.20. The number of fused-ring (bicyclic) bond motifs is 3. The lowest BCUT2D eigenvalue weighted by molar-refractivity contribution is 0.0601. The molecule has 4 rings (SSSR count). The van der Waals surface area contributed by atoms with Crippen molar-refractivity contribution in [3.8, 4) is 0 Å². The number of aryl methyl sites for hydroxylation is 1. The molecule has 3 nitrogen and oxygen atoms in total. The van der Waals surface area contributed by atoms with E-state index in [1.807, 2.05) is 12.1 Å². The van der Waals surface area contributed by atoms with Gasteiger partial charge in [0.15, 0.2) is 0 Å². The van der Waals surface area contributed by atoms with Gasteiger partial charge in [-0.2, -0.15) is 0 Å². The van der Waals surface area contributed by atoms with Crippen LogP contribution in [0.1, 0.15) is 44.7 Å². The molecule has 0 spiro atoms. The molecule has 1 N–H and O–H groups in total. The van der Waals surface area contributed by atoms with Crippen LogP contribution < -0.4 is 5.32 Å². The van der Waals surface area contributed by atoms with Crippen molar-refractivity contribution in [3.63, 3.8) is 0 Å². The van der Waals surface area contributed by atoms with Crippen LogP contribution in [0.2, 0.25) is 0 Å².